The molecule has 4 saturated heterocycles. The number of hydrazine groups is 1. The van der Waals surface area contributed by atoms with Crippen LogP contribution in [0.15, 0.2) is 0 Å². The number of carbonyl (C=O) groups is 1. The predicted molar refractivity (Wildman–Crippen MR) is 105 cm³/mol. The number of rotatable bonds is 5. The fraction of sp³-hybridized carbons (Fsp3) is 0.895. The van der Waals surface area contributed by atoms with Crippen LogP contribution in [0.5, 0.6) is 0 Å². The number of nitriles is 1. The van der Waals surface area contributed by atoms with E-state index >= 15 is 0 Å². The van der Waals surface area contributed by atoms with Gasteiger partial charge in [0.05, 0.1) is 42.6 Å². The van der Waals surface area contributed by atoms with Crippen LogP contribution in [0.4, 0.5) is 0 Å². The maximum Gasteiger partial charge on any atom is 0.229 e. The van der Waals surface area contributed by atoms with Gasteiger partial charge in [-0.1, -0.05) is 0 Å². The summed E-state index contributed by atoms with van der Waals surface area (Å²) in [5, 5.41) is 20.9. The van der Waals surface area contributed by atoms with Crippen LogP contribution >= 0.6 is 0 Å². The molecule has 6 N–H and O–H groups in total. The second-order valence-corrected chi connectivity index (χ2v) is 8.51. The van der Waals surface area contributed by atoms with Gasteiger partial charge in [0, 0.05) is 39.3 Å². The average Bonchev–Trinajstić information content (AvgIpc) is 3.05. The third-order valence-electron chi connectivity index (χ3n) is 6.41. The molecule has 0 aromatic carbocycles. The number of hydrogen-bond acceptors (Lipinski definition) is 9. The van der Waals surface area contributed by atoms with Gasteiger partial charge < -0.3 is 25.8 Å². The summed E-state index contributed by atoms with van der Waals surface area (Å²) in [4.78, 5) is 13.2. The van der Waals surface area contributed by atoms with Crippen molar-refractivity contribution in [2.45, 2.75) is 56.3 Å². The highest BCUT2D eigenvalue weighted by Gasteiger charge is 2.47. The third-order valence-corrected chi connectivity index (χ3v) is 6.41. The maximum absolute atomic E-state index is 13.2. The first-order valence-electron chi connectivity index (χ1n) is 10.8. The van der Waals surface area contributed by atoms with E-state index in [9.17, 15) is 4.79 Å². The van der Waals surface area contributed by atoms with Gasteiger partial charge in [-0.3, -0.25) is 10.1 Å². The van der Waals surface area contributed by atoms with Crippen molar-refractivity contribution < 1.29 is 14.3 Å². The van der Waals surface area contributed by atoms with Crippen molar-refractivity contribution >= 4 is 5.91 Å². The summed E-state index contributed by atoms with van der Waals surface area (Å²) in [5.74, 6) is -0.223. The molecule has 4 aliphatic heterocycles. The van der Waals surface area contributed by atoms with E-state index in [2.05, 4.69) is 27.4 Å². The first-order valence-corrected chi connectivity index (χ1v) is 10.8. The van der Waals surface area contributed by atoms with Gasteiger partial charge in [0.2, 0.25) is 5.91 Å². The lowest BCUT2D eigenvalue weighted by atomic mass is 9.96. The highest BCUT2D eigenvalue weighted by atomic mass is 16.5. The molecule has 6 atom stereocenters. The number of piperidine rings is 1. The van der Waals surface area contributed by atoms with Crippen molar-refractivity contribution in [1.82, 2.24) is 26.4 Å². The molecule has 6 unspecified atom stereocenters. The molecule has 162 valence electrons. The van der Waals surface area contributed by atoms with Gasteiger partial charge in [-0.2, -0.15) is 5.26 Å². The van der Waals surface area contributed by atoms with Crippen LogP contribution in [-0.4, -0.2) is 80.9 Å². The van der Waals surface area contributed by atoms with E-state index in [1.165, 1.54) is 0 Å². The number of hydrogen-bond donors (Lipinski definition) is 5. The van der Waals surface area contributed by atoms with Crippen LogP contribution in [0.25, 0.3) is 0 Å². The van der Waals surface area contributed by atoms with E-state index in [4.69, 9.17) is 20.5 Å². The monoisotopic (exact) mass is 407 g/mol. The Morgan fingerprint density at radius 2 is 2.14 bits per heavy atom. The molecule has 0 aliphatic carbocycles. The normalized spacial score (nSPS) is 38.9. The van der Waals surface area contributed by atoms with Crippen molar-refractivity contribution in [3.05, 3.63) is 0 Å². The smallest absolute Gasteiger partial charge is 0.229 e. The van der Waals surface area contributed by atoms with Crippen LogP contribution in [0.2, 0.25) is 0 Å². The van der Waals surface area contributed by atoms with Gasteiger partial charge in [0.25, 0.3) is 0 Å². The summed E-state index contributed by atoms with van der Waals surface area (Å²) in [6.07, 6.45) is 2.77. The maximum atomic E-state index is 13.2. The molecule has 29 heavy (non-hydrogen) atoms. The Morgan fingerprint density at radius 3 is 2.93 bits per heavy atom. The lowest BCUT2D eigenvalue weighted by Gasteiger charge is -2.38. The number of nitrogens with one attached hydrogen (secondary N) is 4. The second kappa shape index (κ2) is 9.66. The molecule has 0 spiro atoms. The van der Waals surface area contributed by atoms with Crippen molar-refractivity contribution in [3.63, 3.8) is 0 Å². The quantitative estimate of drug-likeness (QED) is 0.358. The van der Waals surface area contributed by atoms with Gasteiger partial charge in [-0.05, 0) is 31.7 Å². The first-order chi connectivity index (χ1) is 14.2. The molecular formula is C19H33N7O3. The fourth-order valence-corrected chi connectivity index (χ4v) is 4.83. The van der Waals surface area contributed by atoms with Crippen LogP contribution < -0.4 is 27.1 Å². The molecule has 0 saturated carbocycles. The van der Waals surface area contributed by atoms with E-state index < -0.39 is 12.1 Å². The van der Waals surface area contributed by atoms with Crippen LogP contribution in [0.1, 0.15) is 25.7 Å². The Bertz CT molecular complexity index is 609. The number of carbonyl (C=O) groups excluding carboxylic acids is 1. The topological polar surface area (TPSA) is 137 Å². The van der Waals surface area contributed by atoms with Crippen molar-refractivity contribution in [3.8, 4) is 6.07 Å². The first kappa shape index (κ1) is 20.9. The van der Waals surface area contributed by atoms with Crippen molar-refractivity contribution in [1.29, 1.82) is 5.26 Å². The van der Waals surface area contributed by atoms with E-state index in [0.29, 0.717) is 26.1 Å². The molecule has 0 aromatic rings. The molecule has 0 bridgehead atoms. The van der Waals surface area contributed by atoms with E-state index in [0.717, 1.165) is 39.0 Å². The van der Waals surface area contributed by atoms with Gasteiger partial charge in [-0.15, -0.1) is 0 Å². The highest BCUT2D eigenvalue weighted by Crippen LogP contribution is 2.25. The minimum atomic E-state index is -0.459. The summed E-state index contributed by atoms with van der Waals surface area (Å²) in [6.45, 7) is 4.50. The minimum Gasteiger partial charge on any atom is -0.381 e. The summed E-state index contributed by atoms with van der Waals surface area (Å²) >= 11 is 0. The van der Waals surface area contributed by atoms with Crippen molar-refractivity contribution in [2.75, 3.05) is 39.4 Å². The zero-order valence-corrected chi connectivity index (χ0v) is 16.8. The molecule has 1 amide bonds. The molecule has 10 nitrogen and oxygen atoms in total. The average molecular weight is 408 g/mol. The van der Waals surface area contributed by atoms with Crippen LogP contribution in [0.3, 0.4) is 0 Å². The fourth-order valence-electron chi connectivity index (χ4n) is 4.83. The van der Waals surface area contributed by atoms with Crippen LogP contribution in [0, 0.1) is 23.2 Å². The zero-order valence-electron chi connectivity index (χ0n) is 16.8. The number of nitrogens with two attached hydrogens (primary N) is 1. The Hall–Kier alpha value is -1.32. The summed E-state index contributed by atoms with van der Waals surface area (Å²) in [7, 11) is 0. The molecule has 10 heteroatoms. The highest BCUT2D eigenvalue weighted by molar-refractivity contribution is 5.80. The Balaban J connectivity index is 1.35. The second-order valence-electron chi connectivity index (χ2n) is 8.51. The third kappa shape index (κ3) is 4.88. The lowest BCUT2D eigenvalue weighted by Crippen LogP contribution is -2.61. The van der Waals surface area contributed by atoms with Crippen molar-refractivity contribution in [2.24, 2.45) is 17.6 Å². The molecular weight excluding hydrogens is 374 g/mol. The molecule has 4 heterocycles. The Morgan fingerprint density at radius 1 is 1.31 bits per heavy atom. The minimum absolute atomic E-state index is 0.00399. The summed E-state index contributed by atoms with van der Waals surface area (Å²) in [5.41, 5.74) is 9.48. The number of amides is 1. The standard InChI is InChI=1S/C19H33N7O3/c20-5-1-12-9-23-18-16(17(21)25-26(18)11-12)19(27)24-14-10-22-6-2-15(14)29-13-3-7-28-8-4-13/h12-18,22-23,25H,1-4,6-11,21H2,(H,24,27). The molecule has 4 aliphatic rings. The zero-order chi connectivity index (χ0) is 20.2. The van der Waals surface area contributed by atoms with Gasteiger partial charge in [0.1, 0.15) is 0 Å². The summed E-state index contributed by atoms with van der Waals surface area (Å²) in [6, 6.07) is 2.15. The Kier molecular flexibility index (Phi) is 6.97. The predicted octanol–water partition coefficient (Wildman–Crippen LogP) is -1.79. The Labute approximate surface area is 171 Å². The molecule has 4 rings (SSSR count). The number of nitrogens with zero attached hydrogens (tertiary/aromatic N) is 2. The van der Waals surface area contributed by atoms with Gasteiger partial charge in [0.15, 0.2) is 0 Å². The number of ether oxygens (including phenoxy) is 2. The lowest BCUT2D eigenvalue weighted by molar-refractivity contribution is -0.131. The van der Waals surface area contributed by atoms with E-state index in [1.807, 2.05) is 5.01 Å². The van der Waals surface area contributed by atoms with E-state index in [-0.39, 0.29) is 36.2 Å². The largest absolute Gasteiger partial charge is 0.381 e. The van der Waals surface area contributed by atoms with E-state index in [1.54, 1.807) is 0 Å². The SMILES string of the molecule is N#CCC1CNC2C(C(=O)NC3CNCCC3OC3CCOCC3)C(N)NN2C1. The molecule has 0 radical (unpaired) electrons. The molecule has 4 fully saturated rings. The molecule has 0 aromatic heterocycles. The van der Waals surface area contributed by atoms with Crippen LogP contribution in [-0.2, 0) is 14.3 Å². The van der Waals surface area contributed by atoms with Gasteiger partial charge in [-0.25, -0.2) is 10.4 Å². The van der Waals surface area contributed by atoms with Gasteiger partial charge >= 0.3 is 0 Å². The summed E-state index contributed by atoms with van der Waals surface area (Å²) < 4.78 is 11.8. The number of fused-ring (bicyclic) bond motifs is 1.